The van der Waals surface area contributed by atoms with Crippen LogP contribution >= 0.6 is 23.2 Å². The minimum absolute atomic E-state index is 0.0269. The molecule has 0 spiro atoms. The quantitative estimate of drug-likeness (QED) is 0.850. The van der Waals surface area contributed by atoms with Crippen LogP contribution in [0.4, 0.5) is 10.2 Å². The molecule has 5 nitrogen and oxygen atoms in total. The Morgan fingerprint density at radius 1 is 1.40 bits per heavy atom. The average molecular weight is 315 g/mol. The molecule has 0 saturated carbocycles. The molecule has 1 aromatic heterocycles. The van der Waals surface area contributed by atoms with Crippen molar-refractivity contribution in [3.8, 4) is 0 Å². The van der Waals surface area contributed by atoms with E-state index in [2.05, 4.69) is 15.3 Å². The van der Waals surface area contributed by atoms with Gasteiger partial charge in [-0.15, -0.1) is 0 Å². The molecule has 0 atom stereocenters. The molecule has 0 radical (unpaired) electrons. The number of nitrogens with zero attached hydrogens (tertiary/aromatic N) is 2. The van der Waals surface area contributed by atoms with Gasteiger partial charge in [-0.05, 0) is 23.7 Å². The highest BCUT2D eigenvalue weighted by Crippen LogP contribution is 2.21. The molecule has 20 heavy (non-hydrogen) atoms. The highest BCUT2D eigenvalue weighted by molar-refractivity contribution is 6.31. The maximum absolute atomic E-state index is 13.6. The number of aromatic nitrogens is 2. The summed E-state index contributed by atoms with van der Waals surface area (Å²) in [7, 11) is 0. The van der Waals surface area contributed by atoms with Gasteiger partial charge in [-0.25, -0.2) is 9.37 Å². The Hall–Kier alpha value is -1.92. The van der Waals surface area contributed by atoms with Crippen LogP contribution in [0.25, 0.3) is 0 Å². The van der Waals surface area contributed by atoms with Gasteiger partial charge in [0.25, 0.3) is 5.91 Å². The number of amides is 1. The Balaban J connectivity index is 2.27. The summed E-state index contributed by atoms with van der Waals surface area (Å²) in [5.74, 6) is -1.06. The molecule has 104 valence electrons. The summed E-state index contributed by atoms with van der Waals surface area (Å²) in [6.45, 7) is 0.0269. The Morgan fingerprint density at radius 2 is 2.15 bits per heavy atom. The van der Waals surface area contributed by atoms with E-state index >= 15 is 0 Å². The summed E-state index contributed by atoms with van der Waals surface area (Å²) in [6, 6.07) is 4.34. The minimum atomic E-state index is -0.719. The fraction of sp³-hybridized carbons (Fsp3) is 0.0833. The first-order chi connectivity index (χ1) is 9.49. The maximum atomic E-state index is 13.6. The van der Waals surface area contributed by atoms with Crippen molar-refractivity contribution < 1.29 is 9.18 Å². The topological polar surface area (TPSA) is 80.9 Å². The first kappa shape index (κ1) is 14.5. The fourth-order valence-electron chi connectivity index (χ4n) is 1.55. The number of carbonyl (C=O) groups excluding carboxylic acids is 1. The fourth-order valence-corrected chi connectivity index (χ4v) is 1.91. The van der Waals surface area contributed by atoms with Crippen molar-refractivity contribution in [2.24, 2.45) is 5.73 Å². The zero-order valence-electron chi connectivity index (χ0n) is 10.0. The smallest absolute Gasteiger partial charge is 0.254 e. The first-order valence-electron chi connectivity index (χ1n) is 5.48. The number of benzene rings is 1. The number of nitrogens with two attached hydrogens (primary N) is 1. The van der Waals surface area contributed by atoms with Gasteiger partial charge in [0.05, 0.1) is 5.56 Å². The molecule has 3 N–H and O–H groups in total. The van der Waals surface area contributed by atoms with Crippen molar-refractivity contribution in [3.05, 3.63) is 51.6 Å². The Kier molecular flexibility index (Phi) is 4.36. The van der Waals surface area contributed by atoms with Gasteiger partial charge in [-0.3, -0.25) is 4.79 Å². The van der Waals surface area contributed by atoms with Gasteiger partial charge < -0.3 is 11.1 Å². The minimum Gasteiger partial charge on any atom is -0.365 e. The van der Waals surface area contributed by atoms with Crippen LogP contribution in [-0.4, -0.2) is 15.9 Å². The lowest BCUT2D eigenvalue weighted by molar-refractivity contribution is 0.100. The van der Waals surface area contributed by atoms with Gasteiger partial charge in [0.15, 0.2) is 0 Å². The molecule has 2 rings (SSSR count). The lowest BCUT2D eigenvalue weighted by Gasteiger charge is -2.10. The number of carbonyl (C=O) groups is 1. The van der Waals surface area contributed by atoms with E-state index in [1.807, 2.05) is 0 Å². The second kappa shape index (κ2) is 6.02. The SMILES string of the molecule is NC(=O)c1cnc(Cl)nc1NCc1c(F)cccc1Cl. The monoisotopic (exact) mass is 314 g/mol. The van der Waals surface area contributed by atoms with Gasteiger partial charge in [0.1, 0.15) is 11.6 Å². The molecule has 0 aliphatic heterocycles. The van der Waals surface area contributed by atoms with E-state index in [4.69, 9.17) is 28.9 Å². The van der Waals surface area contributed by atoms with Crippen LogP contribution < -0.4 is 11.1 Å². The van der Waals surface area contributed by atoms with Crippen LogP contribution in [0.3, 0.4) is 0 Å². The number of rotatable bonds is 4. The molecule has 0 unspecified atom stereocenters. The highest BCUT2D eigenvalue weighted by Gasteiger charge is 2.13. The molecule has 0 aliphatic carbocycles. The second-order valence-corrected chi connectivity index (χ2v) is 4.56. The van der Waals surface area contributed by atoms with Crippen molar-refractivity contribution >= 4 is 34.9 Å². The summed E-state index contributed by atoms with van der Waals surface area (Å²) in [6.07, 6.45) is 1.20. The predicted molar refractivity (Wildman–Crippen MR) is 74.3 cm³/mol. The number of hydrogen-bond acceptors (Lipinski definition) is 4. The number of halogens is 3. The third-order valence-corrected chi connectivity index (χ3v) is 3.06. The van der Waals surface area contributed by atoms with E-state index < -0.39 is 11.7 Å². The van der Waals surface area contributed by atoms with Crippen molar-refractivity contribution in [2.45, 2.75) is 6.54 Å². The van der Waals surface area contributed by atoms with Gasteiger partial charge in [0, 0.05) is 23.3 Å². The zero-order valence-corrected chi connectivity index (χ0v) is 11.5. The summed E-state index contributed by atoms with van der Waals surface area (Å²) in [4.78, 5) is 18.7. The number of hydrogen-bond donors (Lipinski definition) is 2. The number of nitrogens with one attached hydrogen (secondary N) is 1. The van der Waals surface area contributed by atoms with Crippen LogP contribution in [0.5, 0.6) is 0 Å². The van der Waals surface area contributed by atoms with Crippen molar-refractivity contribution in [1.29, 1.82) is 0 Å². The van der Waals surface area contributed by atoms with Crippen LogP contribution in [-0.2, 0) is 6.54 Å². The van der Waals surface area contributed by atoms with Crippen molar-refractivity contribution in [1.82, 2.24) is 9.97 Å². The van der Waals surface area contributed by atoms with Crippen LogP contribution in [0.2, 0.25) is 10.3 Å². The van der Waals surface area contributed by atoms with E-state index in [1.165, 1.54) is 18.3 Å². The zero-order chi connectivity index (χ0) is 14.7. The van der Waals surface area contributed by atoms with Crippen molar-refractivity contribution in [3.63, 3.8) is 0 Å². The van der Waals surface area contributed by atoms with Gasteiger partial charge in [-0.2, -0.15) is 4.98 Å². The molecular formula is C12H9Cl2FN4O. The molecule has 0 aliphatic rings. The molecular weight excluding hydrogens is 306 g/mol. The molecule has 8 heteroatoms. The Labute approximate surface area is 123 Å². The number of anilines is 1. The first-order valence-corrected chi connectivity index (χ1v) is 6.23. The van der Waals surface area contributed by atoms with E-state index in [0.717, 1.165) is 0 Å². The molecule has 0 bridgehead atoms. The molecule has 0 fully saturated rings. The summed E-state index contributed by atoms with van der Waals surface area (Å²) >= 11 is 11.6. The summed E-state index contributed by atoms with van der Waals surface area (Å²) in [5, 5.41) is 2.98. The standard InChI is InChI=1S/C12H9Cl2FN4O/c13-8-2-1-3-9(15)6(8)4-17-11-7(10(16)20)5-18-12(14)19-11/h1-3,5H,4H2,(H2,16,20)(H,17,18,19). The third kappa shape index (κ3) is 3.15. The number of primary amides is 1. The Morgan fingerprint density at radius 3 is 2.80 bits per heavy atom. The molecule has 1 heterocycles. The summed E-state index contributed by atoms with van der Waals surface area (Å²) in [5.41, 5.74) is 5.50. The lowest BCUT2D eigenvalue weighted by atomic mass is 10.2. The van der Waals surface area contributed by atoms with Gasteiger partial charge in [0.2, 0.25) is 5.28 Å². The molecule has 2 aromatic rings. The average Bonchev–Trinajstić information content (AvgIpc) is 2.37. The second-order valence-electron chi connectivity index (χ2n) is 3.82. The van der Waals surface area contributed by atoms with Crippen molar-refractivity contribution in [2.75, 3.05) is 5.32 Å². The molecule has 0 saturated heterocycles. The summed E-state index contributed by atoms with van der Waals surface area (Å²) < 4.78 is 13.6. The predicted octanol–water partition coefficient (Wildman–Crippen LogP) is 2.63. The van der Waals surface area contributed by atoms with E-state index in [-0.39, 0.29) is 33.8 Å². The third-order valence-electron chi connectivity index (χ3n) is 2.52. The van der Waals surface area contributed by atoms with E-state index in [0.29, 0.717) is 0 Å². The van der Waals surface area contributed by atoms with E-state index in [1.54, 1.807) is 6.07 Å². The lowest BCUT2D eigenvalue weighted by Crippen LogP contribution is -2.16. The van der Waals surface area contributed by atoms with Crippen LogP contribution in [0.1, 0.15) is 15.9 Å². The van der Waals surface area contributed by atoms with Gasteiger partial charge in [-0.1, -0.05) is 17.7 Å². The van der Waals surface area contributed by atoms with E-state index in [9.17, 15) is 9.18 Å². The van der Waals surface area contributed by atoms with Crippen LogP contribution in [0.15, 0.2) is 24.4 Å². The normalized spacial score (nSPS) is 10.3. The molecule has 1 amide bonds. The van der Waals surface area contributed by atoms with Crippen LogP contribution in [0, 0.1) is 5.82 Å². The maximum Gasteiger partial charge on any atom is 0.254 e. The largest absolute Gasteiger partial charge is 0.365 e. The van der Waals surface area contributed by atoms with Gasteiger partial charge >= 0.3 is 0 Å². The molecule has 1 aromatic carbocycles. The Bertz CT molecular complexity index is 646. The highest BCUT2D eigenvalue weighted by atomic mass is 35.5.